The SMILES string of the molecule is NC(C(=O)O)c1[nH]nc2cc(C(F)(F)F)ccc12. The number of aromatic amines is 1. The van der Waals surface area contributed by atoms with E-state index in [1.807, 2.05) is 0 Å². The van der Waals surface area contributed by atoms with Gasteiger partial charge >= 0.3 is 12.1 Å². The number of carboxylic acids is 1. The Morgan fingerprint density at radius 1 is 1.44 bits per heavy atom. The van der Waals surface area contributed by atoms with Crippen molar-refractivity contribution >= 4 is 16.9 Å². The maximum Gasteiger partial charge on any atom is 0.416 e. The van der Waals surface area contributed by atoms with Gasteiger partial charge in [-0.1, -0.05) is 6.07 Å². The van der Waals surface area contributed by atoms with Gasteiger partial charge in [0.05, 0.1) is 16.8 Å². The molecule has 1 aromatic carbocycles. The maximum absolute atomic E-state index is 12.5. The second-order valence-electron chi connectivity index (χ2n) is 3.68. The van der Waals surface area contributed by atoms with Crippen LogP contribution in [0.4, 0.5) is 13.2 Å². The number of alkyl halides is 3. The topological polar surface area (TPSA) is 92.0 Å². The van der Waals surface area contributed by atoms with Gasteiger partial charge in [0.15, 0.2) is 0 Å². The molecule has 0 saturated heterocycles. The standard InChI is InChI=1S/C10H8F3N3O2/c11-10(12,13)4-1-2-5-6(3-4)15-16-8(5)7(14)9(17)18/h1-3,7H,14H2,(H,15,16)(H,17,18). The van der Waals surface area contributed by atoms with Crippen LogP contribution >= 0.6 is 0 Å². The molecule has 1 heterocycles. The highest BCUT2D eigenvalue weighted by atomic mass is 19.4. The van der Waals surface area contributed by atoms with Gasteiger partial charge in [-0.2, -0.15) is 18.3 Å². The van der Waals surface area contributed by atoms with Crippen LogP contribution in [0, 0.1) is 0 Å². The first-order valence-electron chi connectivity index (χ1n) is 4.84. The molecule has 0 fully saturated rings. The van der Waals surface area contributed by atoms with E-state index in [1.165, 1.54) is 0 Å². The molecule has 8 heteroatoms. The number of nitrogens with two attached hydrogens (primary N) is 1. The minimum absolute atomic E-state index is 0.0246. The molecule has 0 bridgehead atoms. The summed E-state index contributed by atoms with van der Waals surface area (Å²) in [7, 11) is 0. The van der Waals surface area contributed by atoms with Gasteiger partial charge in [0.2, 0.25) is 0 Å². The Morgan fingerprint density at radius 2 is 2.11 bits per heavy atom. The highest BCUT2D eigenvalue weighted by Gasteiger charge is 2.31. The number of fused-ring (bicyclic) bond motifs is 1. The van der Waals surface area contributed by atoms with Crippen molar-refractivity contribution < 1.29 is 23.1 Å². The Kier molecular flexibility index (Phi) is 2.74. The van der Waals surface area contributed by atoms with Crippen LogP contribution in [-0.4, -0.2) is 21.3 Å². The number of rotatable bonds is 2. The number of carboxylic acid groups (broad SMARTS) is 1. The number of halogens is 3. The first-order chi connectivity index (χ1) is 8.30. The highest BCUT2D eigenvalue weighted by molar-refractivity contribution is 5.87. The minimum atomic E-state index is -4.47. The number of nitrogens with zero attached hydrogens (tertiary/aromatic N) is 1. The van der Waals surface area contributed by atoms with E-state index in [0.717, 1.165) is 18.2 Å². The van der Waals surface area contributed by atoms with Crippen LogP contribution in [0.2, 0.25) is 0 Å². The summed E-state index contributed by atoms with van der Waals surface area (Å²) in [5.74, 6) is -1.29. The van der Waals surface area contributed by atoms with E-state index in [4.69, 9.17) is 10.8 Å². The molecule has 0 aliphatic rings. The van der Waals surface area contributed by atoms with Crippen LogP contribution in [0.5, 0.6) is 0 Å². The number of H-pyrrole nitrogens is 1. The molecular formula is C10H8F3N3O2. The monoisotopic (exact) mass is 259 g/mol. The highest BCUT2D eigenvalue weighted by Crippen LogP contribution is 2.32. The summed E-state index contributed by atoms with van der Waals surface area (Å²) in [5, 5.41) is 15.0. The van der Waals surface area contributed by atoms with Crippen LogP contribution in [0.1, 0.15) is 17.3 Å². The van der Waals surface area contributed by atoms with Crippen molar-refractivity contribution in [1.29, 1.82) is 0 Å². The van der Waals surface area contributed by atoms with Gasteiger partial charge in [-0.15, -0.1) is 0 Å². The third-order valence-electron chi connectivity index (χ3n) is 2.49. The second kappa shape index (κ2) is 3.98. The molecule has 0 radical (unpaired) electrons. The van der Waals surface area contributed by atoms with Gasteiger partial charge in [-0.05, 0) is 12.1 Å². The molecule has 5 nitrogen and oxygen atoms in total. The summed E-state index contributed by atoms with van der Waals surface area (Å²) in [6, 6.07) is 1.49. The van der Waals surface area contributed by atoms with Crippen molar-refractivity contribution in [2.24, 2.45) is 5.73 Å². The molecule has 18 heavy (non-hydrogen) atoms. The smallest absolute Gasteiger partial charge is 0.416 e. The Hall–Kier alpha value is -2.09. The Labute approximate surface area is 98.4 Å². The molecule has 1 aromatic heterocycles. The number of hydrogen-bond donors (Lipinski definition) is 3. The third kappa shape index (κ3) is 2.02. The fourth-order valence-electron chi connectivity index (χ4n) is 1.57. The van der Waals surface area contributed by atoms with E-state index in [9.17, 15) is 18.0 Å². The number of benzene rings is 1. The predicted octanol–water partition coefficient (Wildman–Crippen LogP) is 1.67. The first kappa shape index (κ1) is 12.4. The second-order valence-corrected chi connectivity index (χ2v) is 3.68. The third-order valence-corrected chi connectivity index (χ3v) is 2.49. The van der Waals surface area contributed by atoms with Crippen molar-refractivity contribution in [3.05, 3.63) is 29.5 Å². The van der Waals surface area contributed by atoms with Crippen LogP contribution < -0.4 is 5.73 Å². The number of hydrogen-bond acceptors (Lipinski definition) is 3. The van der Waals surface area contributed by atoms with E-state index in [1.54, 1.807) is 0 Å². The van der Waals surface area contributed by atoms with Gasteiger partial charge in [0.1, 0.15) is 6.04 Å². The predicted molar refractivity (Wildman–Crippen MR) is 55.7 cm³/mol. The molecule has 0 amide bonds. The van der Waals surface area contributed by atoms with Gasteiger partial charge in [-0.3, -0.25) is 9.89 Å². The summed E-state index contributed by atoms with van der Waals surface area (Å²) in [6.45, 7) is 0. The molecule has 0 spiro atoms. The summed E-state index contributed by atoms with van der Waals surface area (Å²) >= 11 is 0. The molecule has 4 N–H and O–H groups in total. The zero-order valence-corrected chi connectivity index (χ0v) is 8.82. The molecule has 96 valence electrons. The molecule has 2 aromatic rings. The van der Waals surface area contributed by atoms with E-state index in [-0.39, 0.29) is 16.6 Å². The average Bonchev–Trinajstić information content (AvgIpc) is 2.69. The number of aromatic nitrogens is 2. The van der Waals surface area contributed by atoms with Crippen LogP contribution in [0.25, 0.3) is 10.9 Å². The summed E-state index contributed by atoms with van der Waals surface area (Å²) in [6.07, 6.45) is -4.47. The van der Waals surface area contributed by atoms with E-state index in [0.29, 0.717) is 0 Å². The van der Waals surface area contributed by atoms with Crippen LogP contribution in [0.3, 0.4) is 0 Å². The lowest BCUT2D eigenvalue weighted by Crippen LogP contribution is -2.21. The summed E-state index contributed by atoms with van der Waals surface area (Å²) < 4.78 is 37.4. The number of carbonyl (C=O) groups is 1. The molecule has 0 aliphatic carbocycles. The van der Waals surface area contributed by atoms with E-state index in [2.05, 4.69) is 10.2 Å². The summed E-state index contributed by atoms with van der Waals surface area (Å²) in [5.41, 5.74) is 4.63. The molecule has 1 atom stereocenters. The zero-order valence-electron chi connectivity index (χ0n) is 8.82. The normalized spacial score (nSPS) is 13.8. The molecule has 0 aliphatic heterocycles. The van der Waals surface area contributed by atoms with Gasteiger partial charge in [-0.25, -0.2) is 0 Å². The van der Waals surface area contributed by atoms with Gasteiger partial charge < -0.3 is 10.8 Å². The fourth-order valence-corrected chi connectivity index (χ4v) is 1.57. The van der Waals surface area contributed by atoms with Crippen molar-refractivity contribution in [3.63, 3.8) is 0 Å². The minimum Gasteiger partial charge on any atom is -0.480 e. The lowest BCUT2D eigenvalue weighted by atomic mass is 10.1. The first-order valence-corrected chi connectivity index (χ1v) is 4.84. The maximum atomic E-state index is 12.5. The van der Waals surface area contributed by atoms with Crippen molar-refractivity contribution in [1.82, 2.24) is 10.2 Å². The van der Waals surface area contributed by atoms with E-state index < -0.39 is 23.8 Å². The average molecular weight is 259 g/mol. The Bertz CT molecular complexity index is 606. The van der Waals surface area contributed by atoms with Gasteiger partial charge in [0, 0.05) is 5.39 Å². The lowest BCUT2D eigenvalue weighted by molar-refractivity contribution is -0.139. The fraction of sp³-hybridized carbons (Fsp3) is 0.200. The molecular weight excluding hydrogens is 251 g/mol. The van der Waals surface area contributed by atoms with Crippen molar-refractivity contribution in [2.45, 2.75) is 12.2 Å². The van der Waals surface area contributed by atoms with Crippen molar-refractivity contribution in [3.8, 4) is 0 Å². The van der Waals surface area contributed by atoms with Gasteiger partial charge in [0.25, 0.3) is 0 Å². The molecule has 1 unspecified atom stereocenters. The Morgan fingerprint density at radius 3 is 2.67 bits per heavy atom. The largest absolute Gasteiger partial charge is 0.480 e. The lowest BCUT2D eigenvalue weighted by Gasteiger charge is -2.06. The van der Waals surface area contributed by atoms with Crippen LogP contribution in [0.15, 0.2) is 18.2 Å². The van der Waals surface area contributed by atoms with E-state index >= 15 is 0 Å². The van der Waals surface area contributed by atoms with Crippen molar-refractivity contribution in [2.75, 3.05) is 0 Å². The molecule has 0 saturated carbocycles. The summed E-state index contributed by atoms with van der Waals surface area (Å²) in [4.78, 5) is 10.7. The Balaban J connectivity index is 2.54. The van der Waals surface area contributed by atoms with Crippen LogP contribution in [-0.2, 0) is 11.0 Å². The quantitative estimate of drug-likeness (QED) is 0.764. The molecule has 2 rings (SSSR count). The zero-order chi connectivity index (χ0) is 13.5. The number of nitrogens with one attached hydrogen (secondary N) is 1. The number of aliphatic carboxylic acids is 1.